The van der Waals surface area contributed by atoms with E-state index in [4.69, 9.17) is 5.73 Å². The van der Waals surface area contributed by atoms with Crippen LogP contribution in [0.25, 0.3) is 0 Å². The molecule has 7 heteroatoms. The first-order valence-electron chi connectivity index (χ1n) is 7.70. The number of nitrogens with one attached hydrogen (secondary N) is 1. The van der Waals surface area contributed by atoms with Crippen molar-refractivity contribution >= 4 is 17.5 Å². The number of nitrogens with zero attached hydrogens (tertiary/aromatic N) is 3. The minimum absolute atomic E-state index is 0.259. The number of carbonyl (C=O) groups excluding carboxylic acids is 2. The van der Waals surface area contributed by atoms with E-state index in [1.807, 2.05) is 30.3 Å². The van der Waals surface area contributed by atoms with Crippen molar-refractivity contribution in [2.24, 2.45) is 5.73 Å². The van der Waals surface area contributed by atoms with Crippen LogP contribution >= 0.6 is 0 Å². The number of amides is 2. The molecule has 2 amide bonds. The van der Waals surface area contributed by atoms with Crippen molar-refractivity contribution in [2.75, 3.05) is 5.32 Å². The van der Waals surface area contributed by atoms with Crippen molar-refractivity contribution < 1.29 is 9.59 Å². The molecule has 0 fully saturated rings. The largest absolute Gasteiger partial charge is 0.366 e. The predicted octanol–water partition coefficient (Wildman–Crippen LogP) is 1.99. The lowest BCUT2D eigenvalue weighted by Gasteiger charge is -2.06. The molecular formula is C18H17N5O2. The number of hydrogen-bond acceptors (Lipinski definition) is 4. The molecule has 3 N–H and O–H groups in total. The molecule has 0 aliphatic heterocycles. The van der Waals surface area contributed by atoms with Crippen LogP contribution in [-0.2, 0) is 6.54 Å². The number of aromatic nitrogens is 3. The Balaban J connectivity index is 1.73. The van der Waals surface area contributed by atoms with Gasteiger partial charge in [0.25, 0.3) is 5.91 Å². The van der Waals surface area contributed by atoms with Crippen molar-refractivity contribution in [1.29, 1.82) is 0 Å². The van der Waals surface area contributed by atoms with E-state index in [0.717, 1.165) is 5.56 Å². The van der Waals surface area contributed by atoms with E-state index in [1.54, 1.807) is 35.9 Å². The number of hydrogen-bond donors (Lipinski definition) is 2. The lowest BCUT2D eigenvalue weighted by Crippen LogP contribution is -2.15. The Labute approximate surface area is 144 Å². The van der Waals surface area contributed by atoms with Crippen LogP contribution in [0.2, 0.25) is 0 Å². The molecule has 0 aliphatic rings. The van der Waals surface area contributed by atoms with E-state index < -0.39 is 5.91 Å². The van der Waals surface area contributed by atoms with Crippen LogP contribution < -0.4 is 11.1 Å². The maximum atomic E-state index is 12.4. The first kappa shape index (κ1) is 16.4. The van der Waals surface area contributed by atoms with Gasteiger partial charge in [0, 0.05) is 11.3 Å². The fourth-order valence-electron chi connectivity index (χ4n) is 2.38. The molecular weight excluding hydrogens is 318 g/mol. The molecule has 126 valence electrons. The molecule has 0 spiro atoms. The van der Waals surface area contributed by atoms with Gasteiger partial charge in [-0.15, -0.1) is 5.10 Å². The predicted molar refractivity (Wildman–Crippen MR) is 93.2 cm³/mol. The van der Waals surface area contributed by atoms with Crippen molar-refractivity contribution in [2.45, 2.75) is 13.5 Å². The lowest BCUT2D eigenvalue weighted by atomic mass is 10.2. The number of benzene rings is 2. The van der Waals surface area contributed by atoms with Crippen molar-refractivity contribution in [3.63, 3.8) is 0 Å². The van der Waals surface area contributed by atoms with Gasteiger partial charge in [0.05, 0.1) is 12.2 Å². The molecule has 0 saturated carbocycles. The molecule has 1 heterocycles. The Morgan fingerprint density at radius 1 is 1.08 bits per heavy atom. The van der Waals surface area contributed by atoms with Gasteiger partial charge in [0.15, 0.2) is 5.69 Å². The van der Waals surface area contributed by atoms with E-state index >= 15 is 0 Å². The van der Waals surface area contributed by atoms with E-state index in [1.165, 1.54) is 0 Å². The summed E-state index contributed by atoms with van der Waals surface area (Å²) in [7, 11) is 0. The molecule has 0 radical (unpaired) electrons. The quantitative estimate of drug-likeness (QED) is 0.744. The highest BCUT2D eigenvalue weighted by Gasteiger charge is 2.17. The number of nitrogens with two attached hydrogens (primary N) is 1. The number of carbonyl (C=O) groups is 2. The minimum Gasteiger partial charge on any atom is -0.366 e. The smallest absolute Gasteiger partial charge is 0.278 e. The van der Waals surface area contributed by atoms with Crippen LogP contribution in [0, 0.1) is 6.92 Å². The van der Waals surface area contributed by atoms with E-state index in [0.29, 0.717) is 23.5 Å². The molecule has 0 unspecified atom stereocenters. The summed E-state index contributed by atoms with van der Waals surface area (Å²) in [4.78, 5) is 23.5. The third-order valence-electron chi connectivity index (χ3n) is 3.80. The maximum Gasteiger partial charge on any atom is 0.278 e. The van der Waals surface area contributed by atoms with Crippen molar-refractivity contribution in [1.82, 2.24) is 15.0 Å². The van der Waals surface area contributed by atoms with Crippen molar-refractivity contribution in [3.8, 4) is 0 Å². The van der Waals surface area contributed by atoms with E-state index in [-0.39, 0.29) is 11.6 Å². The van der Waals surface area contributed by atoms with Gasteiger partial charge in [-0.1, -0.05) is 35.5 Å². The Morgan fingerprint density at radius 3 is 2.40 bits per heavy atom. The lowest BCUT2D eigenvalue weighted by molar-refractivity contribution is 0.0997. The van der Waals surface area contributed by atoms with Crippen molar-refractivity contribution in [3.05, 3.63) is 77.1 Å². The fourth-order valence-corrected chi connectivity index (χ4v) is 2.38. The molecule has 2 aromatic carbocycles. The second-order valence-electron chi connectivity index (χ2n) is 5.56. The Morgan fingerprint density at radius 2 is 1.76 bits per heavy atom. The second-order valence-corrected chi connectivity index (χ2v) is 5.56. The van der Waals surface area contributed by atoms with Crippen LogP contribution in [0.15, 0.2) is 54.6 Å². The highest BCUT2D eigenvalue weighted by Crippen LogP contribution is 2.13. The van der Waals surface area contributed by atoms with Gasteiger partial charge in [-0.2, -0.15) is 0 Å². The molecule has 0 atom stereocenters. The minimum atomic E-state index is -0.516. The van der Waals surface area contributed by atoms with E-state index in [2.05, 4.69) is 15.6 Å². The van der Waals surface area contributed by atoms with Crippen LogP contribution in [0.3, 0.4) is 0 Å². The average Bonchev–Trinajstić information content (AvgIpc) is 2.97. The molecule has 25 heavy (non-hydrogen) atoms. The summed E-state index contributed by atoms with van der Waals surface area (Å²) in [6.45, 7) is 2.34. The SMILES string of the molecule is Cc1c(C(=O)Nc2ccc(C(N)=O)cc2)nnn1Cc1ccccc1. The summed E-state index contributed by atoms with van der Waals surface area (Å²) < 4.78 is 1.68. The van der Waals surface area contributed by atoms with Gasteiger partial charge in [-0.25, -0.2) is 4.68 Å². The Kier molecular flexibility index (Phi) is 4.56. The zero-order valence-electron chi connectivity index (χ0n) is 13.6. The molecule has 3 aromatic rings. The molecule has 1 aromatic heterocycles. The van der Waals surface area contributed by atoms with Gasteiger partial charge in [0.2, 0.25) is 5.91 Å². The summed E-state index contributed by atoms with van der Waals surface area (Å²) in [6.07, 6.45) is 0. The standard InChI is InChI=1S/C18H17N5O2/c1-12-16(21-22-23(12)11-13-5-3-2-4-6-13)18(25)20-15-9-7-14(8-10-15)17(19)24/h2-10H,11H2,1H3,(H2,19,24)(H,20,25). The summed E-state index contributed by atoms with van der Waals surface area (Å²) >= 11 is 0. The first-order valence-corrected chi connectivity index (χ1v) is 7.70. The Hall–Kier alpha value is -3.48. The van der Waals surface area contributed by atoms with E-state index in [9.17, 15) is 9.59 Å². The Bertz CT molecular complexity index is 901. The highest BCUT2D eigenvalue weighted by atomic mass is 16.2. The summed E-state index contributed by atoms with van der Waals surface area (Å²) in [5, 5.41) is 10.8. The fraction of sp³-hybridized carbons (Fsp3) is 0.111. The van der Waals surface area contributed by atoms with Crippen LogP contribution in [0.1, 0.15) is 32.1 Å². The third-order valence-corrected chi connectivity index (χ3v) is 3.80. The summed E-state index contributed by atoms with van der Waals surface area (Å²) in [6, 6.07) is 16.1. The van der Waals surface area contributed by atoms with Gasteiger partial charge in [-0.05, 0) is 36.8 Å². The first-order chi connectivity index (χ1) is 12.0. The number of anilines is 1. The highest BCUT2D eigenvalue weighted by molar-refractivity contribution is 6.03. The van der Waals surface area contributed by atoms with Crippen LogP contribution in [-0.4, -0.2) is 26.8 Å². The van der Waals surface area contributed by atoms with Crippen LogP contribution in [0.5, 0.6) is 0 Å². The molecule has 0 aliphatic carbocycles. The number of rotatable bonds is 5. The zero-order chi connectivity index (χ0) is 17.8. The second kappa shape index (κ2) is 6.96. The summed E-state index contributed by atoms with van der Waals surface area (Å²) in [5.41, 5.74) is 8.13. The van der Waals surface area contributed by atoms with Gasteiger partial charge in [-0.3, -0.25) is 9.59 Å². The van der Waals surface area contributed by atoms with Gasteiger partial charge in [0.1, 0.15) is 0 Å². The molecule has 3 rings (SSSR count). The molecule has 0 saturated heterocycles. The zero-order valence-corrected chi connectivity index (χ0v) is 13.6. The molecule has 7 nitrogen and oxygen atoms in total. The topological polar surface area (TPSA) is 103 Å². The van der Waals surface area contributed by atoms with Gasteiger partial charge < -0.3 is 11.1 Å². The third kappa shape index (κ3) is 3.72. The number of primary amides is 1. The maximum absolute atomic E-state index is 12.4. The normalized spacial score (nSPS) is 10.4. The molecule has 0 bridgehead atoms. The van der Waals surface area contributed by atoms with Gasteiger partial charge >= 0.3 is 0 Å². The average molecular weight is 335 g/mol. The van der Waals surface area contributed by atoms with Crippen LogP contribution in [0.4, 0.5) is 5.69 Å². The summed E-state index contributed by atoms with van der Waals surface area (Å²) in [5.74, 6) is -0.874. The monoisotopic (exact) mass is 335 g/mol.